The maximum Gasteiger partial charge on any atom is 0.293 e. The second-order valence-electron chi connectivity index (χ2n) is 6.11. The lowest BCUT2D eigenvalue weighted by Crippen LogP contribution is -2.33. The van der Waals surface area contributed by atoms with E-state index < -0.39 is 5.91 Å². The van der Waals surface area contributed by atoms with Gasteiger partial charge in [-0.05, 0) is 81.2 Å². The van der Waals surface area contributed by atoms with Crippen LogP contribution in [0.2, 0.25) is 0 Å². The summed E-state index contributed by atoms with van der Waals surface area (Å²) in [5, 5.41) is 6.63. The summed E-state index contributed by atoms with van der Waals surface area (Å²) in [7, 11) is 0. The molecule has 0 saturated carbocycles. The minimum Gasteiger partial charge on any atom is -0.491 e. The molecule has 0 aliphatic carbocycles. The Kier molecular flexibility index (Phi) is 7.46. The molecule has 0 radical (unpaired) electrons. The molecule has 0 aliphatic rings. The maximum absolute atomic E-state index is 12.4. The molecule has 0 atom stereocenters. The fraction of sp³-hybridized carbons (Fsp3) is 0.143. The Hall–Kier alpha value is -2.16. The molecule has 3 rings (SSSR count). The summed E-state index contributed by atoms with van der Waals surface area (Å²) in [6.45, 7) is 4.29. The monoisotopic (exact) mass is 536 g/mol. The number of carbonyl (C=O) groups is 1. The highest BCUT2D eigenvalue weighted by atomic mass is 79.9. The third kappa shape index (κ3) is 5.68. The van der Waals surface area contributed by atoms with Crippen molar-refractivity contribution in [1.29, 1.82) is 0 Å². The first-order valence-corrected chi connectivity index (χ1v) is 10.8. The van der Waals surface area contributed by atoms with Crippen molar-refractivity contribution in [1.82, 2.24) is 5.32 Å². The lowest BCUT2D eigenvalue weighted by atomic mass is 10.2. The fourth-order valence-corrected chi connectivity index (χ4v) is 4.22. The molecule has 1 aromatic heterocycles. The van der Waals surface area contributed by atoms with Crippen molar-refractivity contribution in [3.05, 3.63) is 69.8 Å². The van der Waals surface area contributed by atoms with Gasteiger partial charge in [-0.1, -0.05) is 24.3 Å². The Balaban J connectivity index is 1.62. The number of nitrogens with one attached hydrogen (secondary N) is 2. The van der Waals surface area contributed by atoms with E-state index in [0.717, 1.165) is 27.2 Å². The van der Waals surface area contributed by atoms with Crippen LogP contribution in [0.5, 0.6) is 5.75 Å². The average Bonchev–Trinajstić information content (AvgIpc) is 3.11. The first kappa shape index (κ1) is 21.5. The SMILES string of the molecule is C=CCCCOc1c(Br)cc(NC(=S)NC(=O)c2cc3ccccc3o2)cc1Br. The minimum absolute atomic E-state index is 0.161. The first-order valence-electron chi connectivity index (χ1n) is 8.81. The predicted molar refractivity (Wildman–Crippen MR) is 127 cm³/mol. The van der Waals surface area contributed by atoms with Crippen molar-refractivity contribution in [2.75, 3.05) is 11.9 Å². The van der Waals surface area contributed by atoms with E-state index >= 15 is 0 Å². The van der Waals surface area contributed by atoms with Gasteiger partial charge >= 0.3 is 0 Å². The van der Waals surface area contributed by atoms with Gasteiger partial charge in [0.1, 0.15) is 11.3 Å². The molecule has 2 aromatic carbocycles. The van der Waals surface area contributed by atoms with E-state index in [2.05, 4.69) is 49.1 Å². The highest BCUT2D eigenvalue weighted by Crippen LogP contribution is 2.36. The minimum atomic E-state index is -0.418. The second-order valence-corrected chi connectivity index (χ2v) is 8.22. The molecule has 2 N–H and O–H groups in total. The molecule has 1 heterocycles. The molecule has 0 unspecified atom stereocenters. The molecule has 8 heteroatoms. The summed E-state index contributed by atoms with van der Waals surface area (Å²) in [6, 6.07) is 12.7. The molecule has 150 valence electrons. The molecule has 0 saturated heterocycles. The zero-order valence-electron chi connectivity index (χ0n) is 15.3. The summed E-state index contributed by atoms with van der Waals surface area (Å²) >= 11 is 12.3. The van der Waals surface area contributed by atoms with Crippen LogP contribution < -0.4 is 15.4 Å². The van der Waals surface area contributed by atoms with Gasteiger partial charge in [0.15, 0.2) is 10.9 Å². The summed E-state index contributed by atoms with van der Waals surface area (Å²) < 4.78 is 12.9. The van der Waals surface area contributed by atoms with Crippen molar-refractivity contribution in [3.63, 3.8) is 0 Å². The summed E-state index contributed by atoms with van der Waals surface area (Å²) in [4.78, 5) is 12.4. The first-order chi connectivity index (χ1) is 14.0. The van der Waals surface area contributed by atoms with Crippen molar-refractivity contribution in [2.24, 2.45) is 0 Å². The number of furan rings is 1. The van der Waals surface area contributed by atoms with Gasteiger partial charge in [0, 0.05) is 11.1 Å². The van der Waals surface area contributed by atoms with E-state index in [0.29, 0.717) is 23.6 Å². The van der Waals surface area contributed by atoms with Gasteiger partial charge in [-0.2, -0.15) is 0 Å². The lowest BCUT2D eigenvalue weighted by molar-refractivity contribution is 0.0953. The van der Waals surface area contributed by atoms with Gasteiger partial charge in [0.2, 0.25) is 0 Å². The molecule has 1 amide bonds. The Morgan fingerprint density at radius 3 is 2.62 bits per heavy atom. The number of para-hydroxylation sites is 1. The molecule has 5 nitrogen and oxygen atoms in total. The standard InChI is InChI=1S/C21H18Br2N2O3S/c1-2-3-6-9-27-19-15(22)11-14(12-16(19)23)24-21(29)25-20(26)18-10-13-7-4-5-8-17(13)28-18/h2,4-5,7-8,10-12H,1,3,6,9H2,(H2,24,25,26,29). The third-order valence-electron chi connectivity index (χ3n) is 3.93. The van der Waals surface area contributed by atoms with Gasteiger partial charge in [0.25, 0.3) is 5.91 Å². The van der Waals surface area contributed by atoms with Crippen molar-refractivity contribution in [2.45, 2.75) is 12.8 Å². The van der Waals surface area contributed by atoms with Crippen molar-refractivity contribution >= 4 is 71.8 Å². The lowest BCUT2D eigenvalue weighted by Gasteiger charge is -2.14. The van der Waals surface area contributed by atoms with Crippen LogP contribution in [0.25, 0.3) is 11.0 Å². The van der Waals surface area contributed by atoms with Gasteiger partial charge in [-0.25, -0.2) is 0 Å². The number of allylic oxidation sites excluding steroid dienone is 1. The van der Waals surface area contributed by atoms with E-state index in [1.165, 1.54) is 0 Å². The molecule has 0 aliphatic heterocycles. The van der Waals surface area contributed by atoms with E-state index in [1.807, 2.05) is 36.4 Å². The van der Waals surface area contributed by atoms with Crippen LogP contribution in [0.1, 0.15) is 23.4 Å². The third-order valence-corrected chi connectivity index (χ3v) is 5.31. The number of ether oxygens (including phenoxy) is 1. The number of amides is 1. The van der Waals surface area contributed by atoms with Crippen LogP contribution in [0.15, 0.2) is 68.5 Å². The van der Waals surface area contributed by atoms with Crippen LogP contribution >= 0.6 is 44.1 Å². The quantitative estimate of drug-likeness (QED) is 0.206. The highest BCUT2D eigenvalue weighted by Gasteiger charge is 2.15. The number of rotatable bonds is 7. The number of unbranched alkanes of at least 4 members (excludes halogenated alkanes) is 1. The molecule has 0 spiro atoms. The Bertz CT molecular complexity index is 1010. The number of halogens is 2. The van der Waals surface area contributed by atoms with Gasteiger partial charge in [-0.15, -0.1) is 6.58 Å². The number of anilines is 1. The smallest absolute Gasteiger partial charge is 0.293 e. The average molecular weight is 538 g/mol. The van der Waals surface area contributed by atoms with E-state index in [-0.39, 0.29) is 10.9 Å². The largest absolute Gasteiger partial charge is 0.491 e. The molecule has 0 fully saturated rings. The normalized spacial score (nSPS) is 10.6. The van der Waals surface area contributed by atoms with E-state index in [9.17, 15) is 4.79 Å². The number of thiocarbonyl (C=S) groups is 1. The number of hydrogen-bond donors (Lipinski definition) is 2. The second kappa shape index (κ2) is 10.0. The van der Waals surface area contributed by atoms with Crippen LogP contribution in [0.3, 0.4) is 0 Å². The van der Waals surface area contributed by atoms with Crippen molar-refractivity contribution < 1.29 is 13.9 Å². The van der Waals surface area contributed by atoms with E-state index in [4.69, 9.17) is 21.4 Å². The van der Waals surface area contributed by atoms with Gasteiger partial charge < -0.3 is 14.5 Å². The van der Waals surface area contributed by atoms with Crippen LogP contribution in [-0.4, -0.2) is 17.6 Å². The summed E-state index contributed by atoms with van der Waals surface area (Å²) in [6.07, 6.45) is 3.65. The Morgan fingerprint density at radius 2 is 1.93 bits per heavy atom. The van der Waals surface area contributed by atoms with Gasteiger partial charge in [-0.3, -0.25) is 10.1 Å². The summed E-state index contributed by atoms with van der Waals surface area (Å²) in [5.74, 6) is 0.483. The predicted octanol–water partition coefficient (Wildman–Crippen LogP) is 6.43. The van der Waals surface area contributed by atoms with Crippen LogP contribution in [0.4, 0.5) is 5.69 Å². The molecule has 0 bridgehead atoms. The molecule has 29 heavy (non-hydrogen) atoms. The number of fused-ring (bicyclic) bond motifs is 1. The zero-order valence-corrected chi connectivity index (χ0v) is 19.3. The van der Waals surface area contributed by atoms with Crippen LogP contribution in [0, 0.1) is 0 Å². The highest BCUT2D eigenvalue weighted by molar-refractivity contribution is 9.11. The Labute approximate surface area is 190 Å². The van der Waals surface area contributed by atoms with Crippen molar-refractivity contribution in [3.8, 4) is 5.75 Å². The molecular weight excluding hydrogens is 520 g/mol. The van der Waals surface area contributed by atoms with Gasteiger partial charge in [0.05, 0.1) is 15.6 Å². The molecular formula is C21H18Br2N2O3S. The molecule has 3 aromatic rings. The Morgan fingerprint density at radius 1 is 1.21 bits per heavy atom. The van der Waals surface area contributed by atoms with Crippen LogP contribution in [-0.2, 0) is 0 Å². The summed E-state index contributed by atoms with van der Waals surface area (Å²) in [5.41, 5.74) is 1.34. The van der Waals surface area contributed by atoms with E-state index in [1.54, 1.807) is 12.1 Å². The number of benzene rings is 2. The number of hydrogen-bond acceptors (Lipinski definition) is 4. The fourth-order valence-electron chi connectivity index (χ4n) is 2.59. The zero-order chi connectivity index (χ0) is 20.8. The number of carbonyl (C=O) groups excluding carboxylic acids is 1. The maximum atomic E-state index is 12.4. The topological polar surface area (TPSA) is 63.5 Å².